The van der Waals surface area contributed by atoms with Crippen molar-refractivity contribution in [2.45, 2.75) is 13.0 Å². The van der Waals surface area contributed by atoms with Crippen molar-refractivity contribution in [3.05, 3.63) is 67.5 Å². The Hall–Kier alpha value is -0.950. The zero-order chi connectivity index (χ0) is 14.7. The lowest BCUT2D eigenvalue weighted by Gasteiger charge is -2.15. The molecule has 2 aromatic carbocycles. The summed E-state index contributed by atoms with van der Waals surface area (Å²) in [5.74, 6) is -0.545. The first-order valence-electron chi connectivity index (χ1n) is 5.99. The van der Waals surface area contributed by atoms with Gasteiger partial charge in [-0.1, -0.05) is 28.1 Å². The molecule has 0 aliphatic rings. The van der Waals surface area contributed by atoms with Gasteiger partial charge in [0.05, 0.1) is 11.6 Å². The SMILES string of the molecule is C[C@H](NC(=O)c1ccc(F)cc1I)c1ccc(Br)cc1. The van der Waals surface area contributed by atoms with E-state index < -0.39 is 0 Å². The van der Waals surface area contributed by atoms with Crippen LogP contribution in [0.3, 0.4) is 0 Å². The Morgan fingerprint density at radius 3 is 2.50 bits per heavy atom. The highest BCUT2D eigenvalue weighted by molar-refractivity contribution is 14.1. The van der Waals surface area contributed by atoms with Crippen molar-refractivity contribution in [1.82, 2.24) is 5.32 Å². The Bertz CT molecular complexity index is 630. The summed E-state index contributed by atoms with van der Waals surface area (Å²) in [5.41, 5.74) is 1.50. The topological polar surface area (TPSA) is 29.1 Å². The Morgan fingerprint density at radius 1 is 1.25 bits per heavy atom. The van der Waals surface area contributed by atoms with E-state index in [9.17, 15) is 9.18 Å². The van der Waals surface area contributed by atoms with Crippen LogP contribution < -0.4 is 5.32 Å². The standard InChI is InChI=1S/C15H12BrFINO/c1-9(10-2-4-11(16)5-3-10)19-15(20)13-7-6-12(17)8-14(13)18/h2-9H,1H3,(H,19,20)/t9-/m0/s1. The second-order valence-corrected chi connectivity index (χ2v) is 6.45. The maximum Gasteiger partial charge on any atom is 0.252 e. The second kappa shape index (κ2) is 6.67. The normalized spacial score (nSPS) is 12.0. The summed E-state index contributed by atoms with van der Waals surface area (Å²) < 4.78 is 14.6. The third-order valence-electron chi connectivity index (χ3n) is 2.89. The van der Waals surface area contributed by atoms with E-state index in [-0.39, 0.29) is 17.8 Å². The van der Waals surface area contributed by atoms with Crippen LogP contribution in [-0.4, -0.2) is 5.91 Å². The molecule has 5 heteroatoms. The van der Waals surface area contributed by atoms with E-state index in [1.54, 1.807) is 0 Å². The fourth-order valence-electron chi connectivity index (χ4n) is 1.78. The molecular weight excluding hydrogens is 436 g/mol. The van der Waals surface area contributed by atoms with E-state index in [1.165, 1.54) is 18.2 Å². The minimum absolute atomic E-state index is 0.114. The molecule has 104 valence electrons. The summed E-state index contributed by atoms with van der Waals surface area (Å²) in [4.78, 5) is 12.2. The van der Waals surface area contributed by atoms with Gasteiger partial charge < -0.3 is 5.32 Å². The lowest BCUT2D eigenvalue weighted by molar-refractivity contribution is 0.0939. The molecule has 1 amide bonds. The first-order valence-corrected chi connectivity index (χ1v) is 7.86. The average molecular weight is 448 g/mol. The highest BCUT2D eigenvalue weighted by Crippen LogP contribution is 2.18. The number of hydrogen-bond donors (Lipinski definition) is 1. The predicted molar refractivity (Wildman–Crippen MR) is 89.1 cm³/mol. The Morgan fingerprint density at radius 2 is 1.90 bits per heavy atom. The second-order valence-electron chi connectivity index (χ2n) is 4.37. The van der Waals surface area contributed by atoms with E-state index in [4.69, 9.17) is 0 Å². The molecule has 2 nitrogen and oxygen atoms in total. The third kappa shape index (κ3) is 3.79. The summed E-state index contributed by atoms with van der Waals surface area (Å²) in [6.07, 6.45) is 0. The van der Waals surface area contributed by atoms with Gasteiger partial charge in [-0.05, 0) is 65.4 Å². The summed E-state index contributed by atoms with van der Waals surface area (Å²) in [5, 5.41) is 2.91. The number of carbonyl (C=O) groups excluding carboxylic acids is 1. The van der Waals surface area contributed by atoms with Gasteiger partial charge >= 0.3 is 0 Å². The lowest BCUT2D eigenvalue weighted by atomic mass is 10.1. The number of halogens is 3. The third-order valence-corrected chi connectivity index (χ3v) is 4.31. The highest BCUT2D eigenvalue weighted by Gasteiger charge is 2.14. The minimum atomic E-state index is -0.341. The Kier molecular flexibility index (Phi) is 5.15. The van der Waals surface area contributed by atoms with Crippen molar-refractivity contribution in [1.29, 1.82) is 0 Å². The molecule has 0 spiro atoms. The van der Waals surface area contributed by atoms with Crippen LogP contribution in [0.25, 0.3) is 0 Å². The summed E-state index contributed by atoms with van der Waals surface area (Å²) in [6.45, 7) is 1.91. The maximum atomic E-state index is 13.0. The van der Waals surface area contributed by atoms with Crippen molar-refractivity contribution in [3.8, 4) is 0 Å². The van der Waals surface area contributed by atoms with Crippen molar-refractivity contribution in [2.24, 2.45) is 0 Å². The van der Waals surface area contributed by atoms with E-state index >= 15 is 0 Å². The number of carbonyl (C=O) groups is 1. The highest BCUT2D eigenvalue weighted by atomic mass is 127. The van der Waals surface area contributed by atoms with Crippen molar-refractivity contribution >= 4 is 44.4 Å². The first-order chi connectivity index (χ1) is 9.47. The van der Waals surface area contributed by atoms with Crippen LogP contribution in [0.5, 0.6) is 0 Å². The van der Waals surface area contributed by atoms with Crippen LogP contribution in [0.15, 0.2) is 46.9 Å². The molecule has 2 rings (SSSR count). The summed E-state index contributed by atoms with van der Waals surface area (Å²) in [6, 6.07) is 11.8. The number of benzene rings is 2. The van der Waals surface area contributed by atoms with Crippen LogP contribution in [0.4, 0.5) is 4.39 Å². The molecule has 20 heavy (non-hydrogen) atoms. The number of hydrogen-bond acceptors (Lipinski definition) is 1. The van der Waals surface area contributed by atoms with Gasteiger partial charge in [0.25, 0.3) is 5.91 Å². The summed E-state index contributed by atoms with van der Waals surface area (Å²) in [7, 11) is 0. The van der Waals surface area contributed by atoms with Crippen LogP contribution in [0.1, 0.15) is 28.9 Å². The van der Waals surface area contributed by atoms with Crippen molar-refractivity contribution in [3.63, 3.8) is 0 Å². The molecule has 0 saturated heterocycles. The zero-order valence-corrected chi connectivity index (χ0v) is 14.4. The van der Waals surface area contributed by atoms with E-state index in [0.29, 0.717) is 9.13 Å². The molecule has 1 atom stereocenters. The van der Waals surface area contributed by atoms with E-state index in [0.717, 1.165) is 10.0 Å². The molecule has 2 aromatic rings. The van der Waals surface area contributed by atoms with Crippen molar-refractivity contribution in [2.75, 3.05) is 0 Å². The number of rotatable bonds is 3. The molecule has 0 bridgehead atoms. The molecule has 1 N–H and O–H groups in total. The molecule has 0 unspecified atom stereocenters. The van der Waals surface area contributed by atoms with Gasteiger partial charge in [0.1, 0.15) is 5.82 Å². The molecule has 0 fully saturated rings. The fourth-order valence-corrected chi connectivity index (χ4v) is 2.77. The van der Waals surface area contributed by atoms with Crippen LogP contribution in [-0.2, 0) is 0 Å². The minimum Gasteiger partial charge on any atom is -0.345 e. The van der Waals surface area contributed by atoms with Gasteiger partial charge in [-0.2, -0.15) is 0 Å². The lowest BCUT2D eigenvalue weighted by Crippen LogP contribution is -2.27. The molecule has 0 heterocycles. The number of nitrogens with one attached hydrogen (secondary N) is 1. The maximum absolute atomic E-state index is 13.0. The fraction of sp³-hybridized carbons (Fsp3) is 0.133. The van der Waals surface area contributed by atoms with Crippen LogP contribution in [0.2, 0.25) is 0 Å². The molecule has 0 radical (unpaired) electrons. The molecule has 0 aliphatic carbocycles. The molecule has 0 aliphatic heterocycles. The van der Waals surface area contributed by atoms with Gasteiger partial charge in [0.2, 0.25) is 0 Å². The van der Waals surface area contributed by atoms with Gasteiger partial charge in [0, 0.05) is 8.04 Å². The van der Waals surface area contributed by atoms with Gasteiger partial charge in [-0.25, -0.2) is 4.39 Å². The quantitative estimate of drug-likeness (QED) is 0.680. The largest absolute Gasteiger partial charge is 0.345 e. The Balaban J connectivity index is 2.13. The zero-order valence-electron chi connectivity index (χ0n) is 10.7. The van der Waals surface area contributed by atoms with E-state index in [1.807, 2.05) is 53.8 Å². The molecule has 0 saturated carbocycles. The van der Waals surface area contributed by atoms with Crippen molar-refractivity contribution < 1.29 is 9.18 Å². The molecular formula is C15H12BrFINO. The molecule has 0 aromatic heterocycles. The van der Waals surface area contributed by atoms with Crippen LogP contribution >= 0.6 is 38.5 Å². The van der Waals surface area contributed by atoms with Gasteiger partial charge in [0.15, 0.2) is 0 Å². The Labute approximate surface area is 139 Å². The van der Waals surface area contributed by atoms with E-state index in [2.05, 4.69) is 21.2 Å². The predicted octanol–water partition coefficient (Wildman–Crippen LogP) is 4.68. The van der Waals surface area contributed by atoms with Gasteiger partial charge in [-0.3, -0.25) is 4.79 Å². The van der Waals surface area contributed by atoms with Gasteiger partial charge in [-0.15, -0.1) is 0 Å². The summed E-state index contributed by atoms with van der Waals surface area (Å²) >= 11 is 5.33. The smallest absolute Gasteiger partial charge is 0.252 e. The number of amides is 1. The monoisotopic (exact) mass is 447 g/mol. The first kappa shape index (κ1) is 15.4. The average Bonchev–Trinajstić information content (AvgIpc) is 2.39. The van der Waals surface area contributed by atoms with Crippen LogP contribution in [0, 0.1) is 9.39 Å².